The highest BCUT2D eigenvalue weighted by Gasteiger charge is 2.06. The molecule has 7 nitrogen and oxygen atoms in total. The van der Waals surface area contributed by atoms with E-state index in [1.54, 1.807) is 24.3 Å². The van der Waals surface area contributed by atoms with E-state index in [9.17, 15) is 8.42 Å². The number of aromatic amines is 1. The Hall–Kier alpha value is -1.96. The molecule has 0 saturated carbocycles. The first-order valence-electron chi connectivity index (χ1n) is 4.82. The molecule has 0 aliphatic rings. The van der Waals surface area contributed by atoms with Crippen LogP contribution in [-0.4, -0.2) is 35.3 Å². The molecule has 0 bridgehead atoms. The molecule has 1 aromatic carbocycles. The van der Waals surface area contributed by atoms with Crippen LogP contribution in [0.4, 0.5) is 5.69 Å². The van der Waals surface area contributed by atoms with E-state index in [0.717, 1.165) is 5.69 Å². The molecule has 2 aromatic rings. The molecule has 2 rings (SSSR count). The minimum Gasteiger partial charge on any atom is -0.378 e. The van der Waals surface area contributed by atoms with Crippen LogP contribution in [0.25, 0.3) is 0 Å². The van der Waals surface area contributed by atoms with Crippen LogP contribution < -0.4 is 5.32 Å². The molecule has 0 atom stereocenters. The van der Waals surface area contributed by atoms with Crippen LogP contribution in [0.15, 0.2) is 29.2 Å². The van der Waals surface area contributed by atoms with Crippen molar-refractivity contribution in [2.45, 2.75) is 11.4 Å². The van der Waals surface area contributed by atoms with E-state index < -0.39 is 9.84 Å². The quantitative estimate of drug-likeness (QED) is 0.808. The molecule has 17 heavy (non-hydrogen) atoms. The third kappa shape index (κ3) is 3.00. The molecule has 2 N–H and O–H groups in total. The number of aromatic nitrogens is 4. The van der Waals surface area contributed by atoms with Crippen molar-refractivity contribution >= 4 is 15.5 Å². The van der Waals surface area contributed by atoms with Crippen molar-refractivity contribution in [1.82, 2.24) is 20.6 Å². The van der Waals surface area contributed by atoms with E-state index in [4.69, 9.17) is 0 Å². The Bertz CT molecular complexity index is 576. The fourth-order valence-corrected chi connectivity index (χ4v) is 1.89. The standard InChI is InChI=1S/C9H11N5O2S/c1-17(15,16)8-4-2-7(3-5-8)10-6-9-11-13-14-12-9/h2-5,10H,6H2,1H3,(H,11,12,13,14). The van der Waals surface area contributed by atoms with Crippen LogP contribution in [0.1, 0.15) is 5.82 Å². The minimum absolute atomic E-state index is 0.294. The Morgan fingerprint density at radius 2 is 2.00 bits per heavy atom. The maximum atomic E-state index is 11.2. The van der Waals surface area contributed by atoms with E-state index in [1.807, 2.05) is 0 Å². The molecule has 90 valence electrons. The average Bonchev–Trinajstić information content (AvgIpc) is 2.78. The predicted octanol–water partition coefficient (Wildman–Crippen LogP) is 0.215. The lowest BCUT2D eigenvalue weighted by Gasteiger charge is -2.04. The van der Waals surface area contributed by atoms with Gasteiger partial charge in [-0.05, 0) is 24.3 Å². The average molecular weight is 253 g/mol. The number of rotatable bonds is 4. The van der Waals surface area contributed by atoms with Gasteiger partial charge in [0.1, 0.15) is 0 Å². The third-order valence-corrected chi connectivity index (χ3v) is 3.25. The summed E-state index contributed by atoms with van der Waals surface area (Å²) in [5.74, 6) is 0.539. The largest absolute Gasteiger partial charge is 0.378 e. The molecule has 0 aliphatic carbocycles. The van der Waals surface area contributed by atoms with E-state index in [0.29, 0.717) is 17.3 Å². The van der Waals surface area contributed by atoms with Crippen LogP contribution in [0.3, 0.4) is 0 Å². The molecule has 0 saturated heterocycles. The topological polar surface area (TPSA) is 101 Å². The number of hydrogen-bond acceptors (Lipinski definition) is 6. The van der Waals surface area contributed by atoms with Crippen LogP contribution >= 0.6 is 0 Å². The number of benzene rings is 1. The summed E-state index contributed by atoms with van der Waals surface area (Å²) in [6.45, 7) is 0.425. The van der Waals surface area contributed by atoms with Gasteiger partial charge in [0.05, 0.1) is 11.4 Å². The highest BCUT2D eigenvalue weighted by atomic mass is 32.2. The lowest BCUT2D eigenvalue weighted by atomic mass is 10.3. The summed E-state index contributed by atoms with van der Waals surface area (Å²) in [4.78, 5) is 0.294. The first-order chi connectivity index (χ1) is 8.05. The number of sulfone groups is 1. The van der Waals surface area contributed by atoms with Gasteiger partial charge in [-0.15, -0.1) is 10.2 Å². The second-order valence-corrected chi connectivity index (χ2v) is 5.49. The SMILES string of the molecule is CS(=O)(=O)c1ccc(NCc2nn[nH]n2)cc1. The van der Waals surface area contributed by atoms with Crippen molar-refractivity contribution in [2.24, 2.45) is 0 Å². The maximum absolute atomic E-state index is 11.2. The number of hydrogen-bond donors (Lipinski definition) is 2. The van der Waals surface area contributed by atoms with Gasteiger partial charge in [0, 0.05) is 11.9 Å². The molecule has 0 radical (unpaired) electrons. The molecule has 1 aromatic heterocycles. The zero-order chi connectivity index (χ0) is 12.3. The van der Waals surface area contributed by atoms with Gasteiger partial charge < -0.3 is 5.32 Å². The summed E-state index contributed by atoms with van der Waals surface area (Å²) in [5, 5.41) is 16.4. The van der Waals surface area contributed by atoms with Crippen LogP contribution in [0, 0.1) is 0 Å². The number of tetrazole rings is 1. The van der Waals surface area contributed by atoms with Gasteiger partial charge in [0.2, 0.25) is 0 Å². The van der Waals surface area contributed by atoms with Gasteiger partial charge in [0.15, 0.2) is 15.7 Å². The Balaban J connectivity index is 2.04. The normalized spacial score (nSPS) is 11.4. The summed E-state index contributed by atoms with van der Waals surface area (Å²) < 4.78 is 22.5. The van der Waals surface area contributed by atoms with Crippen molar-refractivity contribution in [1.29, 1.82) is 0 Å². The zero-order valence-corrected chi connectivity index (χ0v) is 9.90. The smallest absolute Gasteiger partial charge is 0.193 e. The van der Waals surface area contributed by atoms with Gasteiger partial charge >= 0.3 is 0 Å². The van der Waals surface area contributed by atoms with Gasteiger partial charge in [-0.2, -0.15) is 5.21 Å². The molecule has 0 unspecified atom stereocenters. The Morgan fingerprint density at radius 1 is 1.29 bits per heavy atom. The molecule has 0 amide bonds. The highest BCUT2D eigenvalue weighted by molar-refractivity contribution is 7.90. The number of nitrogens with zero attached hydrogens (tertiary/aromatic N) is 3. The lowest BCUT2D eigenvalue weighted by Crippen LogP contribution is -2.02. The molecule has 0 fully saturated rings. The van der Waals surface area contributed by atoms with Crippen molar-refractivity contribution in [2.75, 3.05) is 11.6 Å². The van der Waals surface area contributed by atoms with Crippen molar-refractivity contribution in [3.8, 4) is 0 Å². The van der Waals surface area contributed by atoms with Gasteiger partial charge in [-0.3, -0.25) is 0 Å². The van der Waals surface area contributed by atoms with Gasteiger partial charge in [-0.1, -0.05) is 5.21 Å². The summed E-state index contributed by atoms with van der Waals surface area (Å²) >= 11 is 0. The molecule has 0 spiro atoms. The second kappa shape index (κ2) is 4.50. The number of H-pyrrole nitrogens is 1. The fraction of sp³-hybridized carbons (Fsp3) is 0.222. The predicted molar refractivity (Wildman–Crippen MR) is 61.1 cm³/mol. The maximum Gasteiger partial charge on any atom is 0.193 e. The summed E-state index contributed by atoms with van der Waals surface area (Å²) in [7, 11) is -3.15. The van der Waals surface area contributed by atoms with Crippen molar-refractivity contribution in [3.63, 3.8) is 0 Å². The first-order valence-corrected chi connectivity index (χ1v) is 6.71. The molecule has 8 heteroatoms. The van der Waals surface area contributed by atoms with E-state index in [1.165, 1.54) is 6.26 Å². The number of anilines is 1. The van der Waals surface area contributed by atoms with Crippen molar-refractivity contribution < 1.29 is 8.42 Å². The zero-order valence-electron chi connectivity index (χ0n) is 9.08. The summed E-state index contributed by atoms with van der Waals surface area (Å²) in [6, 6.07) is 6.48. The summed E-state index contributed by atoms with van der Waals surface area (Å²) in [6.07, 6.45) is 1.18. The van der Waals surface area contributed by atoms with Gasteiger partial charge in [-0.25, -0.2) is 8.42 Å². The summed E-state index contributed by atoms with van der Waals surface area (Å²) in [5.41, 5.74) is 0.794. The van der Waals surface area contributed by atoms with Crippen LogP contribution in [0.5, 0.6) is 0 Å². The van der Waals surface area contributed by atoms with E-state index >= 15 is 0 Å². The second-order valence-electron chi connectivity index (χ2n) is 3.48. The molecular formula is C9H11N5O2S. The van der Waals surface area contributed by atoms with Gasteiger partial charge in [0.25, 0.3) is 0 Å². The number of nitrogens with one attached hydrogen (secondary N) is 2. The molecular weight excluding hydrogens is 242 g/mol. The third-order valence-electron chi connectivity index (χ3n) is 2.12. The molecule has 1 heterocycles. The fourth-order valence-electron chi connectivity index (χ4n) is 1.26. The van der Waals surface area contributed by atoms with Crippen molar-refractivity contribution in [3.05, 3.63) is 30.1 Å². The molecule has 0 aliphatic heterocycles. The lowest BCUT2D eigenvalue weighted by molar-refractivity contribution is 0.602. The Labute approximate surface area is 98.2 Å². The van der Waals surface area contributed by atoms with E-state index in [-0.39, 0.29) is 0 Å². The van der Waals surface area contributed by atoms with E-state index in [2.05, 4.69) is 25.9 Å². The Morgan fingerprint density at radius 3 is 2.53 bits per heavy atom. The minimum atomic E-state index is -3.15. The highest BCUT2D eigenvalue weighted by Crippen LogP contribution is 2.13. The van der Waals surface area contributed by atoms with Crippen LogP contribution in [0.2, 0.25) is 0 Å². The monoisotopic (exact) mass is 253 g/mol. The first kappa shape index (κ1) is 11.5. The Kier molecular flexibility index (Phi) is 3.05. The van der Waals surface area contributed by atoms with Crippen LogP contribution in [-0.2, 0) is 16.4 Å².